The Morgan fingerprint density at radius 1 is 0.633 bits per heavy atom. The van der Waals surface area contributed by atoms with Crippen molar-refractivity contribution in [2.45, 2.75) is 51.9 Å². The molecule has 3 aromatic rings. The van der Waals surface area contributed by atoms with E-state index in [1.54, 1.807) is 0 Å². The summed E-state index contributed by atoms with van der Waals surface area (Å²) >= 11 is 0. The fourth-order valence-electron chi connectivity index (χ4n) is 3.81. The summed E-state index contributed by atoms with van der Waals surface area (Å²) in [7, 11) is 0. The molecule has 162 valence electrons. The molecule has 0 saturated heterocycles. The van der Waals surface area contributed by atoms with Gasteiger partial charge in [-0.2, -0.15) is 0 Å². The number of hydrogen-bond acceptors (Lipinski definition) is 4. The molecule has 0 fully saturated rings. The maximum atomic E-state index is 9.01. The third-order valence-corrected chi connectivity index (χ3v) is 5.50. The number of hydrogen-bond donors (Lipinski definition) is 2. The van der Waals surface area contributed by atoms with Gasteiger partial charge in [0, 0.05) is 34.8 Å². The summed E-state index contributed by atoms with van der Waals surface area (Å²) in [4.78, 5) is 0. The highest BCUT2D eigenvalue weighted by atomic mass is 16.5. The van der Waals surface area contributed by atoms with E-state index in [0.29, 0.717) is 13.2 Å². The molecule has 0 heterocycles. The van der Waals surface area contributed by atoms with E-state index >= 15 is 0 Å². The van der Waals surface area contributed by atoms with E-state index < -0.39 is 0 Å². The molecular formula is C26H34O4. The first kappa shape index (κ1) is 22.4. The fourth-order valence-corrected chi connectivity index (χ4v) is 3.81. The van der Waals surface area contributed by atoms with E-state index in [-0.39, 0.29) is 13.2 Å². The second kappa shape index (κ2) is 11.8. The van der Waals surface area contributed by atoms with Gasteiger partial charge in [0.2, 0.25) is 0 Å². The van der Waals surface area contributed by atoms with Gasteiger partial charge in [0.25, 0.3) is 0 Å². The summed E-state index contributed by atoms with van der Waals surface area (Å²) in [6.07, 6.45) is 6.36. The van der Waals surface area contributed by atoms with Crippen molar-refractivity contribution in [3.63, 3.8) is 0 Å². The van der Waals surface area contributed by atoms with E-state index in [1.807, 2.05) is 12.1 Å². The highest BCUT2D eigenvalue weighted by Gasteiger charge is 2.16. The van der Waals surface area contributed by atoms with Gasteiger partial charge < -0.3 is 19.7 Å². The average Bonchev–Trinajstić information content (AvgIpc) is 2.79. The van der Waals surface area contributed by atoms with Crippen molar-refractivity contribution in [1.82, 2.24) is 0 Å². The predicted octanol–water partition coefficient (Wildman–Crippen LogP) is 5.64. The number of aliphatic hydroxyl groups is 2. The van der Waals surface area contributed by atoms with Gasteiger partial charge in [-0.3, -0.25) is 0 Å². The number of rotatable bonds is 13. The van der Waals surface area contributed by atoms with E-state index in [2.05, 4.69) is 37.3 Å². The molecule has 4 nitrogen and oxygen atoms in total. The summed E-state index contributed by atoms with van der Waals surface area (Å²) in [6, 6.07) is 14.8. The van der Waals surface area contributed by atoms with Crippen LogP contribution < -0.4 is 9.47 Å². The maximum Gasteiger partial charge on any atom is 0.135 e. The number of fused-ring (bicyclic) bond motifs is 2. The van der Waals surface area contributed by atoms with E-state index in [9.17, 15) is 0 Å². The molecule has 0 unspecified atom stereocenters. The van der Waals surface area contributed by atoms with E-state index in [1.165, 1.54) is 5.56 Å². The van der Waals surface area contributed by atoms with Crippen molar-refractivity contribution in [3.8, 4) is 11.5 Å². The summed E-state index contributed by atoms with van der Waals surface area (Å²) in [5.74, 6) is 1.84. The molecular weight excluding hydrogens is 376 g/mol. The predicted molar refractivity (Wildman–Crippen MR) is 124 cm³/mol. The molecule has 0 aliphatic rings. The lowest BCUT2D eigenvalue weighted by molar-refractivity contribution is 0.266. The molecule has 3 rings (SSSR count). The van der Waals surface area contributed by atoms with Crippen LogP contribution in [-0.2, 0) is 6.42 Å². The Hall–Kier alpha value is -2.30. The molecule has 0 atom stereocenters. The molecule has 0 radical (unpaired) electrons. The Bertz CT molecular complexity index is 935. The molecule has 0 aliphatic heterocycles. The minimum Gasteiger partial charge on any atom is -0.492 e. The van der Waals surface area contributed by atoms with Crippen LogP contribution in [0.5, 0.6) is 11.5 Å². The lowest BCUT2D eigenvalue weighted by Gasteiger charge is -2.18. The van der Waals surface area contributed by atoms with Gasteiger partial charge >= 0.3 is 0 Å². The summed E-state index contributed by atoms with van der Waals surface area (Å²) < 4.78 is 12.6. The van der Waals surface area contributed by atoms with Crippen molar-refractivity contribution in [3.05, 3.63) is 48.0 Å². The van der Waals surface area contributed by atoms with Crippen LogP contribution in [0.3, 0.4) is 0 Å². The van der Waals surface area contributed by atoms with Crippen molar-refractivity contribution in [2.24, 2.45) is 0 Å². The normalized spacial score (nSPS) is 11.3. The Balaban J connectivity index is 1.99. The average molecular weight is 411 g/mol. The van der Waals surface area contributed by atoms with Crippen LogP contribution in [0.25, 0.3) is 21.5 Å². The number of benzene rings is 3. The van der Waals surface area contributed by atoms with Gasteiger partial charge in [-0.05, 0) is 56.6 Å². The highest BCUT2D eigenvalue weighted by Crippen LogP contribution is 2.43. The van der Waals surface area contributed by atoms with Crippen LogP contribution in [0.15, 0.2) is 42.5 Å². The van der Waals surface area contributed by atoms with Gasteiger partial charge in [-0.1, -0.05) is 43.3 Å². The first-order valence-electron chi connectivity index (χ1n) is 11.2. The summed E-state index contributed by atoms with van der Waals surface area (Å²) in [5, 5.41) is 22.3. The number of ether oxygens (including phenoxy) is 2. The number of aryl methyl sites for hydroxylation is 1. The SMILES string of the molecule is CCc1ccc2c(OCCCCCO)c3ccccc3c(OCCCCCO)c2c1. The largest absolute Gasteiger partial charge is 0.492 e. The molecule has 0 aromatic heterocycles. The third kappa shape index (κ3) is 5.44. The zero-order valence-electron chi connectivity index (χ0n) is 18.0. The van der Waals surface area contributed by atoms with Gasteiger partial charge in [-0.15, -0.1) is 0 Å². The van der Waals surface area contributed by atoms with E-state index in [4.69, 9.17) is 19.7 Å². The lowest BCUT2D eigenvalue weighted by Crippen LogP contribution is -2.03. The Labute approximate surface area is 179 Å². The van der Waals surface area contributed by atoms with Crippen LogP contribution in [-0.4, -0.2) is 36.6 Å². The van der Waals surface area contributed by atoms with Crippen molar-refractivity contribution in [2.75, 3.05) is 26.4 Å². The van der Waals surface area contributed by atoms with Crippen LogP contribution >= 0.6 is 0 Å². The smallest absolute Gasteiger partial charge is 0.135 e. The third-order valence-electron chi connectivity index (χ3n) is 5.50. The molecule has 3 aromatic carbocycles. The number of aliphatic hydroxyl groups excluding tert-OH is 2. The molecule has 30 heavy (non-hydrogen) atoms. The van der Waals surface area contributed by atoms with Gasteiger partial charge in [0.15, 0.2) is 0 Å². The van der Waals surface area contributed by atoms with Crippen molar-refractivity contribution in [1.29, 1.82) is 0 Å². The first-order chi connectivity index (χ1) is 14.8. The minimum atomic E-state index is 0.232. The van der Waals surface area contributed by atoms with E-state index in [0.717, 1.165) is 78.0 Å². The Kier molecular flexibility index (Phi) is 8.79. The monoisotopic (exact) mass is 410 g/mol. The Morgan fingerprint density at radius 2 is 1.17 bits per heavy atom. The molecule has 0 saturated carbocycles. The Morgan fingerprint density at radius 3 is 1.70 bits per heavy atom. The summed E-state index contributed by atoms with van der Waals surface area (Å²) in [5.41, 5.74) is 1.27. The van der Waals surface area contributed by atoms with Crippen LogP contribution in [0, 0.1) is 0 Å². The first-order valence-corrected chi connectivity index (χ1v) is 11.2. The van der Waals surface area contributed by atoms with Gasteiger partial charge in [0.05, 0.1) is 13.2 Å². The molecule has 2 N–H and O–H groups in total. The van der Waals surface area contributed by atoms with Crippen LogP contribution in [0.4, 0.5) is 0 Å². The van der Waals surface area contributed by atoms with Gasteiger partial charge in [-0.25, -0.2) is 0 Å². The molecule has 0 aliphatic carbocycles. The molecule has 0 spiro atoms. The van der Waals surface area contributed by atoms with Gasteiger partial charge in [0.1, 0.15) is 11.5 Å². The zero-order valence-corrected chi connectivity index (χ0v) is 18.0. The molecule has 4 heteroatoms. The van der Waals surface area contributed by atoms with Crippen molar-refractivity contribution < 1.29 is 19.7 Å². The van der Waals surface area contributed by atoms with Crippen LogP contribution in [0.2, 0.25) is 0 Å². The second-order valence-electron chi connectivity index (χ2n) is 7.70. The van der Waals surface area contributed by atoms with Crippen molar-refractivity contribution >= 4 is 21.5 Å². The van der Waals surface area contributed by atoms with Crippen LogP contribution in [0.1, 0.15) is 51.0 Å². The topological polar surface area (TPSA) is 58.9 Å². The quantitative estimate of drug-likeness (QED) is 0.283. The standard InChI is InChI=1S/C26H34O4/c1-2-20-13-14-23-24(19-20)26(30-18-10-4-8-16-28)22-12-6-5-11-21(22)25(23)29-17-9-3-7-15-27/h5-6,11-14,19,27-28H,2-4,7-10,15-18H2,1H3. The fraction of sp³-hybridized carbons (Fsp3) is 0.462. The second-order valence-corrected chi connectivity index (χ2v) is 7.70. The minimum absolute atomic E-state index is 0.232. The molecule has 0 bridgehead atoms. The number of unbranched alkanes of at least 4 members (excludes halogenated alkanes) is 4. The maximum absolute atomic E-state index is 9.01. The summed E-state index contributed by atoms with van der Waals surface area (Å²) in [6.45, 7) is 3.90. The zero-order chi connectivity index (χ0) is 21.2. The lowest BCUT2D eigenvalue weighted by atomic mass is 9.98. The molecule has 0 amide bonds. The highest BCUT2D eigenvalue weighted by molar-refractivity contribution is 6.11.